The Balaban J connectivity index is 0.000000720. The fourth-order valence-electron chi connectivity index (χ4n) is 0.961. The second kappa shape index (κ2) is 5.85. The van der Waals surface area contributed by atoms with Crippen molar-refractivity contribution in [2.24, 2.45) is 0 Å². The number of aromatic nitrogens is 2. The first-order valence-electron chi connectivity index (χ1n) is 3.49. The molecule has 0 atom stereocenters. The number of hydrogen-bond acceptors (Lipinski definition) is 0. The van der Waals surface area contributed by atoms with Crippen molar-refractivity contribution in [3.8, 4) is 0 Å². The third-order valence-corrected chi connectivity index (χ3v) is 5.64. The second-order valence-corrected chi connectivity index (χ2v) is 7.06. The zero-order valence-corrected chi connectivity index (χ0v) is 10.3. The first-order chi connectivity index (χ1) is 5.45. The minimum absolute atomic E-state index is 0. The number of aromatic amines is 2. The number of halogens is 2. The Kier molecular flexibility index (Phi) is 5.53. The molecule has 2 aromatic rings. The van der Waals surface area contributed by atoms with Gasteiger partial charge in [-0.15, -0.1) is 0 Å². The average Bonchev–Trinajstić information content (AvgIpc) is 2.60. The molecule has 0 saturated carbocycles. The van der Waals surface area contributed by atoms with Gasteiger partial charge in [0.2, 0.25) is 0 Å². The zero-order chi connectivity index (χ0) is 7.52. The van der Waals surface area contributed by atoms with E-state index < -0.39 is 22.9 Å². The van der Waals surface area contributed by atoms with Crippen molar-refractivity contribution in [3.05, 3.63) is 36.7 Å². The fraction of sp³-hybridized carbons (Fsp3) is 0. The Morgan fingerprint density at radius 1 is 0.846 bits per heavy atom. The molecule has 68 valence electrons. The molecule has 0 aliphatic heterocycles. The number of nitrogens with one attached hydrogen (secondary N) is 2. The van der Waals surface area contributed by atoms with Gasteiger partial charge in [0.1, 0.15) is 0 Å². The molecule has 0 aromatic carbocycles. The SMILES string of the molecule is [F-].[F-].c1c[nH][c]([Hf+2][c]2ccc[nH]2)c1. The van der Waals surface area contributed by atoms with Gasteiger partial charge in [0.05, 0.1) is 0 Å². The van der Waals surface area contributed by atoms with E-state index in [0.717, 1.165) is 0 Å². The van der Waals surface area contributed by atoms with Crippen LogP contribution in [0.1, 0.15) is 0 Å². The molecule has 2 aromatic heterocycles. The van der Waals surface area contributed by atoms with Crippen LogP contribution in [0.15, 0.2) is 36.7 Å². The molecule has 2 N–H and O–H groups in total. The van der Waals surface area contributed by atoms with Crippen LogP contribution in [-0.4, -0.2) is 9.97 Å². The van der Waals surface area contributed by atoms with E-state index in [0.29, 0.717) is 0 Å². The van der Waals surface area contributed by atoms with E-state index in [4.69, 9.17) is 0 Å². The van der Waals surface area contributed by atoms with Crippen LogP contribution in [0.25, 0.3) is 0 Å². The summed E-state index contributed by atoms with van der Waals surface area (Å²) in [4.78, 5) is 6.48. The van der Waals surface area contributed by atoms with E-state index in [2.05, 4.69) is 34.2 Å². The molecule has 0 fully saturated rings. The van der Waals surface area contributed by atoms with Crippen LogP contribution in [0.2, 0.25) is 0 Å². The van der Waals surface area contributed by atoms with Gasteiger partial charge in [-0.2, -0.15) is 0 Å². The Bertz CT molecular complexity index is 273. The predicted octanol–water partition coefficient (Wildman–Crippen LogP) is -5.62. The topological polar surface area (TPSA) is 31.6 Å². The van der Waals surface area contributed by atoms with Crippen molar-refractivity contribution in [2.45, 2.75) is 0 Å². The summed E-state index contributed by atoms with van der Waals surface area (Å²) in [6.07, 6.45) is 3.98. The maximum absolute atomic E-state index is 3.24. The van der Waals surface area contributed by atoms with Gasteiger partial charge in [-0.25, -0.2) is 0 Å². The van der Waals surface area contributed by atoms with E-state index in [1.807, 2.05) is 12.4 Å². The fourth-order valence-corrected chi connectivity index (χ4v) is 4.41. The van der Waals surface area contributed by atoms with E-state index in [9.17, 15) is 0 Å². The summed E-state index contributed by atoms with van der Waals surface area (Å²) in [5.74, 6) is 0. The quantitative estimate of drug-likeness (QED) is 0.507. The van der Waals surface area contributed by atoms with Crippen molar-refractivity contribution in [3.63, 3.8) is 0 Å². The van der Waals surface area contributed by atoms with E-state index in [-0.39, 0.29) is 9.41 Å². The van der Waals surface area contributed by atoms with Crippen molar-refractivity contribution in [1.82, 2.24) is 9.97 Å². The second-order valence-electron chi connectivity index (χ2n) is 2.29. The standard InChI is InChI=1S/2C4H4N.2FH.Hf/c2*1-2-4-5-3-1;;;/h2*1-3,5H;2*1H;/q;;;;+2/p-2. The van der Waals surface area contributed by atoms with Crippen LogP contribution in [0.4, 0.5) is 0 Å². The number of H-pyrrole nitrogens is 2. The first kappa shape index (κ1) is 12.3. The maximum atomic E-state index is 3.24. The minimum atomic E-state index is -0.748. The monoisotopic (exact) mass is 350 g/mol. The van der Waals surface area contributed by atoms with Gasteiger partial charge in [0, 0.05) is 0 Å². The van der Waals surface area contributed by atoms with E-state index in [1.54, 1.807) is 0 Å². The Morgan fingerprint density at radius 2 is 1.31 bits per heavy atom. The third kappa shape index (κ3) is 3.26. The first-order valence-corrected chi connectivity index (χ1v) is 7.08. The summed E-state index contributed by atoms with van der Waals surface area (Å²) >= 11 is -0.748. The van der Waals surface area contributed by atoms with Gasteiger partial charge in [-0.1, -0.05) is 0 Å². The van der Waals surface area contributed by atoms with E-state index in [1.165, 1.54) is 6.90 Å². The Labute approximate surface area is 85.8 Å². The van der Waals surface area contributed by atoms with Crippen LogP contribution < -0.4 is 16.3 Å². The van der Waals surface area contributed by atoms with Crippen molar-refractivity contribution < 1.29 is 32.3 Å². The molecule has 0 aliphatic rings. The summed E-state index contributed by atoms with van der Waals surface area (Å²) in [5, 5.41) is 0. The van der Waals surface area contributed by atoms with Gasteiger partial charge >= 0.3 is 76.4 Å². The van der Waals surface area contributed by atoms with Gasteiger partial charge in [0.15, 0.2) is 0 Å². The zero-order valence-electron chi connectivity index (χ0n) is 6.72. The third-order valence-electron chi connectivity index (χ3n) is 1.47. The molecule has 0 spiro atoms. The molecule has 13 heavy (non-hydrogen) atoms. The molecule has 5 heteroatoms. The molecule has 2 rings (SSSR count). The molecule has 0 bridgehead atoms. The summed E-state index contributed by atoms with van der Waals surface area (Å²) in [7, 11) is 0. The predicted molar refractivity (Wildman–Crippen MR) is 40.9 cm³/mol. The average molecular weight is 349 g/mol. The molecular weight excluding hydrogens is 341 g/mol. The van der Waals surface area contributed by atoms with Gasteiger partial charge in [-0.05, 0) is 0 Å². The number of rotatable bonds is 2. The molecule has 0 aliphatic carbocycles. The molecule has 2 heterocycles. The molecule has 0 saturated heterocycles. The summed E-state index contributed by atoms with van der Waals surface area (Å²) < 4.78 is 2.87. The molecular formula is C8H8F2HfN2. The van der Waals surface area contributed by atoms with Crippen molar-refractivity contribution >= 4 is 6.90 Å². The summed E-state index contributed by atoms with van der Waals surface area (Å²) in [5.41, 5.74) is 0. The van der Waals surface area contributed by atoms with Crippen LogP contribution in [0.3, 0.4) is 0 Å². The van der Waals surface area contributed by atoms with Crippen molar-refractivity contribution in [1.29, 1.82) is 0 Å². The summed E-state index contributed by atoms with van der Waals surface area (Å²) in [6.45, 7) is 0. The van der Waals surface area contributed by atoms with Crippen LogP contribution in [0.5, 0.6) is 0 Å². The molecule has 0 radical (unpaired) electrons. The molecule has 2 nitrogen and oxygen atoms in total. The molecule has 0 unspecified atom stereocenters. The molecule has 0 amide bonds. The van der Waals surface area contributed by atoms with E-state index >= 15 is 0 Å². The Morgan fingerprint density at radius 3 is 1.62 bits per heavy atom. The van der Waals surface area contributed by atoms with Gasteiger partial charge in [-0.3, -0.25) is 0 Å². The number of hydrogen-bond donors (Lipinski definition) is 2. The van der Waals surface area contributed by atoms with Crippen molar-refractivity contribution in [2.75, 3.05) is 0 Å². The Hall–Kier alpha value is -0.710. The van der Waals surface area contributed by atoms with Crippen LogP contribution >= 0.6 is 0 Å². The van der Waals surface area contributed by atoms with Crippen LogP contribution in [-0.2, 0) is 22.9 Å². The van der Waals surface area contributed by atoms with Gasteiger partial charge in [0.25, 0.3) is 0 Å². The summed E-state index contributed by atoms with van der Waals surface area (Å²) in [6, 6.07) is 8.46. The van der Waals surface area contributed by atoms with Gasteiger partial charge < -0.3 is 9.41 Å². The van der Waals surface area contributed by atoms with Crippen LogP contribution in [0, 0.1) is 0 Å². The normalized spacial score (nSPS) is 8.00.